The van der Waals surface area contributed by atoms with Crippen LogP contribution in [0.1, 0.15) is 25.3 Å². The van der Waals surface area contributed by atoms with Gasteiger partial charge in [-0.25, -0.2) is 0 Å². The first-order chi connectivity index (χ1) is 7.83. The van der Waals surface area contributed by atoms with E-state index in [2.05, 4.69) is 41.4 Å². The molecule has 0 atom stereocenters. The standard InChI is InChI=1S/C13H18N2S/c1-2-14-13(16)15-10-6-5-8-11-7-3-4-9-12(11)15/h3-4,7,9H,2,5-6,8,10H2,1H3,(H,14,16). The number of hydrogen-bond donors (Lipinski definition) is 1. The highest BCUT2D eigenvalue weighted by Crippen LogP contribution is 2.25. The number of hydrogen-bond acceptors (Lipinski definition) is 1. The molecule has 0 radical (unpaired) electrons. The molecule has 0 saturated carbocycles. The van der Waals surface area contributed by atoms with Crippen LogP contribution in [-0.4, -0.2) is 18.2 Å². The highest BCUT2D eigenvalue weighted by molar-refractivity contribution is 7.80. The minimum absolute atomic E-state index is 0.858. The fourth-order valence-electron chi connectivity index (χ4n) is 2.15. The minimum Gasteiger partial charge on any atom is -0.363 e. The molecule has 3 heteroatoms. The van der Waals surface area contributed by atoms with Crippen molar-refractivity contribution in [3.05, 3.63) is 29.8 Å². The summed E-state index contributed by atoms with van der Waals surface area (Å²) in [5, 5.41) is 4.10. The van der Waals surface area contributed by atoms with E-state index in [1.807, 2.05) is 0 Å². The molecule has 1 heterocycles. The molecule has 16 heavy (non-hydrogen) atoms. The van der Waals surface area contributed by atoms with E-state index in [-0.39, 0.29) is 0 Å². The highest BCUT2D eigenvalue weighted by atomic mass is 32.1. The van der Waals surface area contributed by atoms with Crippen molar-refractivity contribution in [2.24, 2.45) is 0 Å². The molecule has 2 rings (SSSR count). The normalized spacial score (nSPS) is 15.2. The lowest BCUT2D eigenvalue weighted by molar-refractivity contribution is 0.761. The topological polar surface area (TPSA) is 15.3 Å². The van der Waals surface area contributed by atoms with Gasteiger partial charge in [-0.1, -0.05) is 18.2 Å². The molecule has 0 spiro atoms. The molecule has 86 valence electrons. The molecule has 0 fully saturated rings. The van der Waals surface area contributed by atoms with Crippen molar-refractivity contribution < 1.29 is 0 Å². The van der Waals surface area contributed by atoms with E-state index in [1.54, 1.807) is 0 Å². The van der Waals surface area contributed by atoms with Crippen LogP contribution in [0.3, 0.4) is 0 Å². The van der Waals surface area contributed by atoms with Gasteiger partial charge in [0.05, 0.1) is 0 Å². The summed E-state index contributed by atoms with van der Waals surface area (Å²) in [6.07, 6.45) is 3.63. The average molecular weight is 234 g/mol. The lowest BCUT2D eigenvalue weighted by atomic mass is 10.1. The van der Waals surface area contributed by atoms with Gasteiger partial charge in [-0.3, -0.25) is 0 Å². The third-order valence-electron chi connectivity index (χ3n) is 2.93. The van der Waals surface area contributed by atoms with Crippen molar-refractivity contribution >= 4 is 23.0 Å². The van der Waals surface area contributed by atoms with E-state index in [0.29, 0.717) is 0 Å². The number of anilines is 1. The zero-order chi connectivity index (χ0) is 11.4. The van der Waals surface area contributed by atoms with Gasteiger partial charge in [0.15, 0.2) is 5.11 Å². The van der Waals surface area contributed by atoms with Crippen molar-refractivity contribution in [2.45, 2.75) is 26.2 Å². The Morgan fingerprint density at radius 3 is 3.00 bits per heavy atom. The van der Waals surface area contributed by atoms with Crippen LogP contribution in [0.25, 0.3) is 0 Å². The minimum atomic E-state index is 0.858. The first kappa shape index (κ1) is 11.4. The van der Waals surface area contributed by atoms with E-state index in [1.165, 1.54) is 30.5 Å². The van der Waals surface area contributed by atoms with Crippen LogP contribution >= 0.6 is 12.2 Å². The van der Waals surface area contributed by atoms with Gasteiger partial charge in [-0.05, 0) is 50.0 Å². The lowest BCUT2D eigenvalue weighted by Crippen LogP contribution is -2.40. The second-order valence-electron chi connectivity index (χ2n) is 4.07. The van der Waals surface area contributed by atoms with Gasteiger partial charge in [0.2, 0.25) is 0 Å². The average Bonchev–Trinajstić information content (AvgIpc) is 2.51. The predicted molar refractivity (Wildman–Crippen MR) is 73.0 cm³/mol. The molecule has 0 saturated heterocycles. The molecule has 1 aromatic carbocycles. The SMILES string of the molecule is CCNC(=S)N1CCCCc2ccccc21. The van der Waals surface area contributed by atoms with Gasteiger partial charge in [0.1, 0.15) is 0 Å². The first-order valence-electron chi connectivity index (χ1n) is 5.96. The molecule has 0 aliphatic carbocycles. The molecule has 0 bridgehead atoms. The van der Waals surface area contributed by atoms with Crippen LogP contribution in [-0.2, 0) is 6.42 Å². The molecular formula is C13H18N2S. The molecule has 0 amide bonds. The van der Waals surface area contributed by atoms with Crippen LogP contribution < -0.4 is 10.2 Å². The Labute approximate surface area is 103 Å². The third-order valence-corrected chi connectivity index (χ3v) is 3.30. The van der Waals surface area contributed by atoms with Crippen molar-refractivity contribution in [2.75, 3.05) is 18.0 Å². The maximum Gasteiger partial charge on any atom is 0.173 e. The second kappa shape index (κ2) is 5.30. The smallest absolute Gasteiger partial charge is 0.173 e. The monoisotopic (exact) mass is 234 g/mol. The fourth-order valence-corrected chi connectivity index (χ4v) is 2.48. The van der Waals surface area contributed by atoms with Gasteiger partial charge in [0.25, 0.3) is 0 Å². The van der Waals surface area contributed by atoms with Crippen LogP contribution in [0.4, 0.5) is 5.69 Å². The van der Waals surface area contributed by atoms with Crippen molar-refractivity contribution in [3.63, 3.8) is 0 Å². The number of aryl methyl sites for hydroxylation is 1. The van der Waals surface area contributed by atoms with Gasteiger partial charge in [-0.15, -0.1) is 0 Å². The summed E-state index contributed by atoms with van der Waals surface area (Å²) >= 11 is 5.42. The molecule has 2 nitrogen and oxygen atoms in total. The summed E-state index contributed by atoms with van der Waals surface area (Å²) in [6, 6.07) is 8.58. The third kappa shape index (κ3) is 2.35. The van der Waals surface area contributed by atoms with Crippen molar-refractivity contribution in [1.29, 1.82) is 0 Å². The zero-order valence-electron chi connectivity index (χ0n) is 9.70. The highest BCUT2D eigenvalue weighted by Gasteiger charge is 2.17. The van der Waals surface area contributed by atoms with E-state index in [4.69, 9.17) is 12.2 Å². The maximum atomic E-state index is 5.42. The summed E-state index contributed by atoms with van der Waals surface area (Å²) in [5.41, 5.74) is 2.70. The van der Waals surface area contributed by atoms with Crippen LogP contribution in [0.2, 0.25) is 0 Å². The number of rotatable bonds is 1. The van der Waals surface area contributed by atoms with Gasteiger partial charge < -0.3 is 10.2 Å². The second-order valence-corrected chi connectivity index (χ2v) is 4.46. The molecule has 0 unspecified atom stereocenters. The van der Waals surface area contributed by atoms with Crippen molar-refractivity contribution in [1.82, 2.24) is 5.32 Å². The van der Waals surface area contributed by atoms with Crippen LogP contribution in [0.15, 0.2) is 24.3 Å². The predicted octanol–water partition coefficient (Wildman–Crippen LogP) is 2.72. The van der Waals surface area contributed by atoms with E-state index in [0.717, 1.165) is 18.2 Å². The summed E-state index contributed by atoms with van der Waals surface area (Å²) in [7, 11) is 0. The first-order valence-corrected chi connectivity index (χ1v) is 6.37. The number of nitrogens with one attached hydrogen (secondary N) is 1. The Balaban J connectivity index is 2.28. The maximum absolute atomic E-state index is 5.42. The van der Waals surface area contributed by atoms with E-state index in [9.17, 15) is 0 Å². The molecule has 1 aliphatic heterocycles. The summed E-state index contributed by atoms with van der Waals surface area (Å²) in [4.78, 5) is 2.24. The van der Waals surface area contributed by atoms with Crippen LogP contribution in [0.5, 0.6) is 0 Å². The molecular weight excluding hydrogens is 216 g/mol. The zero-order valence-corrected chi connectivity index (χ0v) is 10.5. The number of benzene rings is 1. The summed E-state index contributed by atoms with van der Waals surface area (Å²) < 4.78 is 0. The Kier molecular flexibility index (Phi) is 3.78. The summed E-state index contributed by atoms with van der Waals surface area (Å²) in [6.45, 7) is 4.00. The van der Waals surface area contributed by atoms with Gasteiger partial charge >= 0.3 is 0 Å². The summed E-state index contributed by atoms with van der Waals surface area (Å²) in [5.74, 6) is 0. The van der Waals surface area contributed by atoms with Crippen LogP contribution in [0, 0.1) is 0 Å². The number of thiocarbonyl (C=S) groups is 1. The van der Waals surface area contributed by atoms with E-state index < -0.39 is 0 Å². The Hall–Kier alpha value is -1.09. The Morgan fingerprint density at radius 2 is 2.19 bits per heavy atom. The Bertz CT molecular complexity index is 376. The number of para-hydroxylation sites is 1. The van der Waals surface area contributed by atoms with E-state index >= 15 is 0 Å². The number of nitrogens with zero attached hydrogens (tertiary/aromatic N) is 1. The molecule has 1 N–H and O–H groups in total. The number of fused-ring (bicyclic) bond motifs is 1. The molecule has 1 aliphatic rings. The molecule has 0 aromatic heterocycles. The molecule has 1 aromatic rings. The fraction of sp³-hybridized carbons (Fsp3) is 0.462. The van der Waals surface area contributed by atoms with Gasteiger partial charge in [0, 0.05) is 18.8 Å². The van der Waals surface area contributed by atoms with Crippen molar-refractivity contribution in [3.8, 4) is 0 Å². The Morgan fingerprint density at radius 1 is 1.38 bits per heavy atom. The van der Waals surface area contributed by atoms with Gasteiger partial charge in [-0.2, -0.15) is 0 Å². The largest absolute Gasteiger partial charge is 0.363 e. The lowest BCUT2D eigenvalue weighted by Gasteiger charge is -2.25. The quantitative estimate of drug-likeness (QED) is 0.752.